The van der Waals surface area contributed by atoms with E-state index in [4.69, 9.17) is 9.47 Å². The average molecular weight is 199 g/mol. The molecule has 3 heteroatoms. The molecule has 0 aromatic heterocycles. The highest BCUT2D eigenvalue weighted by atomic mass is 16.7. The molecule has 0 saturated heterocycles. The van der Waals surface area contributed by atoms with E-state index in [0.29, 0.717) is 13.2 Å². The summed E-state index contributed by atoms with van der Waals surface area (Å²) < 4.78 is 11.0. The van der Waals surface area contributed by atoms with Crippen molar-refractivity contribution in [2.24, 2.45) is 0 Å². The lowest BCUT2D eigenvalue weighted by Crippen LogP contribution is -2.41. The van der Waals surface area contributed by atoms with Crippen molar-refractivity contribution < 1.29 is 9.47 Å². The molecular formula is C11H21NO2. The zero-order valence-corrected chi connectivity index (χ0v) is 9.59. The molecule has 0 radical (unpaired) electrons. The van der Waals surface area contributed by atoms with Crippen molar-refractivity contribution >= 4 is 0 Å². The number of hydrogen-bond acceptors (Lipinski definition) is 3. The predicted molar refractivity (Wildman–Crippen MR) is 58.0 cm³/mol. The topological polar surface area (TPSA) is 30.5 Å². The minimum atomic E-state index is -0.198. The molecule has 0 fully saturated rings. The summed E-state index contributed by atoms with van der Waals surface area (Å²) in [4.78, 5) is 0. The Bertz CT molecular complexity index is 177. The van der Waals surface area contributed by atoms with Crippen LogP contribution in [0.3, 0.4) is 0 Å². The number of rotatable bonds is 7. The van der Waals surface area contributed by atoms with Crippen LogP contribution in [0, 0.1) is 11.8 Å². The van der Waals surface area contributed by atoms with Crippen molar-refractivity contribution in [1.29, 1.82) is 0 Å². The summed E-state index contributed by atoms with van der Waals surface area (Å²) in [5.41, 5.74) is 0. The molecule has 0 heterocycles. The maximum atomic E-state index is 5.48. The highest BCUT2D eigenvalue weighted by Gasteiger charge is 2.19. The molecular weight excluding hydrogens is 178 g/mol. The van der Waals surface area contributed by atoms with Gasteiger partial charge in [0.15, 0.2) is 6.29 Å². The molecule has 0 bridgehead atoms. The quantitative estimate of drug-likeness (QED) is 0.496. The summed E-state index contributed by atoms with van der Waals surface area (Å²) in [5, 5.41) is 3.15. The van der Waals surface area contributed by atoms with Crippen LogP contribution < -0.4 is 5.32 Å². The summed E-state index contributed by atoms with van der Waals surface area (Å²) >= 11 is 0. The first-order chi connectivity index (χ1) is 6.79. The molecule has 0 aliphatic carbocycles. The molecule has 1 atom stereocenters. The zero-order valence-electron chi connectivity index (χ0n) is 9.59. The van der Waals surface area contributed by atoms with Gasteiger partial charge in [0.1, 0.15) is 0 Å². The van der Waals surface area contributed by atoms with Crippen molar-refractivity contribution in [1.82, 2.24) is 5.32 Å². The van der Waals surface area contributed by atoms with E-state index in [1.807, 2.05) is 27.8 Å². The Balaban J connectivity index is 4.14. The van der Waals surface area contributed by atoms with E-state index in [0.717, 1.165) is 6.42 Å². The molecule has 82 valence electrons. The molecule has 0 aromatic carbocycles. The van der Waals surface area contributed by atoms with E-state index in [9.17, 15) is 0 Å². The fourth-order valence-corrected chi connectivity index (χ4v) is 1.16. The van der Waals surface area contributed by atoms with Crippen LogP contribution in [0.1, 0.15) is 27.2 Å². The summed E-state index contributed by atoms with van der Waals surface area (Å²) in [6, 6.07) is 0.141. The van der Waals surface area contributed by atoms with Crippen LogP contribution >= 0.6 is 0 Å². The number of likely N-dealkylation sites (N-methyl/N-ethyl adjacent to an activating group) is 1. The van der Waals surface area contributed by atoms with Crippen molar-refractivity contribution in [3.05, 3.63) is 0 Å². The molecule has 0 aliphatic rings. The number of nitrogens with one attached hydrogen (secondary N) is 1. The lowest BCUT2D eigenvalue weighted by molar-refractivity contribution is -0.152. The molecule has 0 saturated carbocycles. The van der Waals surface area contributed by atoms with Gasteiger partial charge in [-0.1, -0.05) is 0 Å². The Hall–Kier alpha value is -0.560. The second-order valence-corrected chi connectivity index (χ2v) is 2.81. The minimum Gasteiger partial charge on any atom is -0.351 e. The third-order valence-electron chi connectivity index (χ3n) is 1.86. The highest BCUT2D eigenvalue weighted by Crippen LogP contribution is 2.05. The van der Waals surface area contributed by atoms with E-state index < -0.39 is 0 Å². The molecule has 0 rings (SSSR count). The summed E-state index contributed by atoms with van der Waals surface area (Å²) in [7, 11) is 1.90. The Morgan fingerprint density at radius 2 is 1.79 bits per heavy atom. The first kappa shape index (κ1) is 13.4. The van der Waals surface area contributed by atoms with Gasteiger partial charge in [-0.2, -0.15) is 0 Å². The third-order valence-corrected chi connectivity index (χ3v) is 1.86. The van der Waals surface area contributed by atoms with E-state index in [1.165, 1.54) is 0 Å². The molecule has 14 heavy (non-hydrogen) atoms. The fraction of sp³-hybridized carbons (Fsp3) is 0.818. The third kappa shape index (κ3) is 5.23. The normalized spacial score (nSPS) is 12.4. The monoisotopic (exact) mass is 199 g/mol. The summed E-state index contributed by atoms with van der Waals surface area (Å²) in [5.74, 6) is 5.89. The van der Waals surface area contributed by atoms with Gasteiger partial charge in [0.25, 0.3) is 0 Å². The van der Waals surface area contributed by atoms with Gasteiger partial charge < -0.3 is 14.8 Å². The van der Waals surface area contributed by atoms with Gasteiger partial charge in [-0.15, -0.1) is 11.8 Å². The Kier molecular flexibility index (Phi) is 8.65. The maximum Gasteiger partial charge on any atom is 0.173 e. The first-order valence-electron chi connectivity index (χ1n) is 5.10. The van der Waals surface area contributed by atoms with Crippen LogP contribution in [0.25, 0.3) is 0 Å². The van der Waals surface area contributed by atoms with E-state index in [2.05, 4.69) is 17.2 Å². The van der Waals surface area contributed by atoms with Gasteiger partial charge in [-0.3, -0.25) is 0 Å². The van der Waals surface area contributed by atoms with E-state index in [-0.39, 0.29) is 12.3 Å². The van der Waals surface area contributed by atoms with Crippen molar-refractivity contribution in [2.75, 3.05) is 20.3 Å². The molecule has 0 aromatic rings. The van der Waals surface area contributed by atoms with Crippen molar-refractivity contribution in [3.8, 4) is 11.8 Å². The molecule has 3 nitrogen and oxygen atoms in total. The first-order valence-corrected chi connectivity index (χ1v) is 5.10. The standard InChI is InChI=1S/C11H21NO2/c1-5-8-9-10(12-4)11(13-6-2)14-7-3/h10-12H,6-7,9H2,1-4H3. The maximum absolute atomic E-state index is 5.48. The van der Waals surface area contributed by atoms with Gasteiger partial charge in [0.2, 0.25) is 0 Å². The SMILES string of the molecule is CC#CCC(NC)C(OCC)OCC. The Labute approximate surface area is 87.2 Å². The fourth-order valence-electron chi connectivity index (χ4n) is 1.16. The average Bonchev–Trinajstić information content (AvgIpc) is 2.19. The molecule has 1 N–H and O–H groups in total. The zero-order chi connectivity index (χ0) is 10.8. The van der Waals surface area contributed by atoms with Gasteiger partial charge >= 0.3 is 0 Å². The smallest absolute Gasteiger partial charge is 0.173 e. The van der Waals surface area contributed by atoms with Gasteiger partial charge in [0, 0.05) is 19.6 Å². The van der Waals surface area contributed by atoms with Crippen molar-refractivity contribution in [3.63, 3.8) is 0 Å². The largest absolute Gasteiger partial charge is 0.351 e. The number of ether oxygens (including phenoxy) is 2. The van der Waals surface area contributed by atoms with Crippen LogP contribution in [0.5, 0.6) is 0 Å². The lowest BCUT2D eigenvalue weighted by Gasteiger charge is -2.24. The van der Waals surface area contributed by atoms with E-state index >= 15 is 0 Å². The van der Waals surface area contributed by atoms with Gasteiger partial charge in [0.05, 0.1) is 6.04 Å². The molecule has 0 amide bonds. The number of hydrogen-bond donors (Lipinski definition) is 1. The van der Waals surface area contributed by atoms with Gasteiger partial charge in [-0.05, 0) is 27.8 Å². The molecule has 1 unspecified atom stereocenters. The van der Waals surface area contributed by atoms with Crippen LogP contribution in [-0.2, 0) is 9.47 Å². The highest BCUT2D eigenvalue weighted by molar-refractivity contribution is 4.98. The van der Waals surface area contributed by atoms with Crippen LogP contribution in [0.4, 0.5) is 0 Å². The Morgan fingerprint density at radius 1 is 1.21 bits per heavy atom. The van der Waals surface area contributed by atoms with Crippen molar-refractivity contribution in [2.45, 2.75) is 39.5 Å². The van der Waals surface area contributed by atoms with Gasteiger partial charge in [-0.25, -0.2) is 0 Å². The van der Waals surface area contributed by atoms with E-state index in [1.54, 1.807) is 0 Å². The Morgan fingerprint density at radius 3 is 2.14 bits per heavy atom. The van der Waals surface area contributed by atoms with Crippen LogP contribution in [0.15, 0.2) is 0 Å². The van der Waals surface area contributed by atoms with Crippen LogP contribution in [0.2, 0.25) is 0 Å². The second-order valence-electron chi connectivity index (χ2n) is 2.81. The molecule has 0 spiro atoms. The lowest BCUT2D eigenvalue weighted by atomic mass is 10.2. The van der Waals surface area contributed by atoms with Crippen LogP contribution in [-0.4, -0.2) is 32.6 Å². The molecule has 0 aliphatic heterocycles. The summed E-state index contributed by atoms with van der Waals surface area (Å²) in [6.45, 7) is 7.07. The summed E-state index contributed by atoms with van der Waals surface area (Å²) in [6.07, 6.45) is 0.549. The predicted octanol–water partition coefficient (Wildman–Crippen LogP) is 1.39. The minimum absolute atomic E-state index is 0.141. The second kappa shape index (κ2) is 9.01.